The number of benzene rings is 2. The molecule has 4 heteroatoms. The largest absolute Gasteiger partial charge is 0.398 e. The van der Waals surface area contributed by atoms with E-state index in [9.17, 15) is 0 Å². The van der Waals surface area contributed by atoms with Crippen LogP contribution in [0.1, 0.15) is 5.56 Å². The maximum Gasteiger partial charge on any atom is 0.0612 e. The van der Waals surface area contributed by atoms with Crippen LogP contribution in [0.25, 0.3) is 0 Å². The second-order valence-electron chi connectivity index (χ2n) is 3.83. The van der Waals surface area contributed by atoms with Crippen molar-refractivity contribution in [3.8, 4) is 0 Å². The molecule has 0 atom stereocenters. The highest BCUT2D eigenvalue weighted by Gasteiger charge is 2.01. The van der Waals surface area contributed by atoms with Crippen LogP contribution in [0, 0.1) is 6.92 Å². The molecule has 0 saturated carbocycles. The summed E-state index contributed by atoms with van der Waals surface area (Å²) < 4.78 is 0. The summed E-state index contributed by atoms with van der Waals surface area (Å²) in [6, 6.07) is 11.2. The fraction of sp³-hybridized carbons (Fsp3) is 0.0769. The van der Waals surface area contributed by atoms with E-state index in [-0.39, 0.29) is 0 Å². The van der Waals surface area contributed by atoms with Gasteiger partial charge in [-0.15, -0.1) is 0 Å². The first kappa shape index (κ1) is 12.1. The Morgan fingerprint density at radius 1 is 0.941 bits per heavy atom. The van der Waals surface area contributed by atoms with Gasteiger partial charge in [0, 0.05) is 17.1 Å². The number of halogens is 2. The van der Waals surface area contributed by atoms with Gasteiger partial charge in [0.25, 0.3) is 0 Å². The molecule has 0 radical (unpaired) electrons. The molecule has 0 aromatic heterocycles. The van der Waals surface area contributed by atoms with E-state index in [1.165, 1.54) is 0 Å². The third-order valence-electron chi connectivity index (χ3n) is 2.49. The molecule has 0 amide bonds. The van der Waals surface area contributed by atoms with E-state index in [1.807, 2.05) is 31.2 Å². The van der Waals surface area contributed by atoms with Crippen molar-refractivity contribution < 1.29 is 0 Å². The van der Waals surface area contributed by atoms with Gasteiger partial charge in [-0.25, -0.2) is 0 Å². The van der Waals surface area contributed by atoms with Crippen molar-refractivity contribution in [1.82, 2.24) is 0 Å². The Balaban J connectivity index is 2.25. The van der Waals surface area contributed by atoms with Gasteiger partial charge in [-0.05, 0) is 42.8 Å². The lowest BCUT2D eigenvalue weighted by Gasteiger charge is -2.09. The monoisotopic (exact) mass is 266 g/mol. The van der Waals surface area contributed by atoms with Gasteiger partial charge in [0.1, 0.15) is 0 Å². The van der Waals surface area contributed by atoms with Crippen molar-refractivity contribution in [1.29, 1.82) is 0 Å². The van der Waals surface area contributed by atoms with Gasteiger partial charge in [-0.2, -0.15) is 0 Å². The van der Waals surface area contributed by atoms with Crippen LogP contribution >= 0.6 is 23.2 Å². The minimum Gasteiger partial charge on any atom is -0.398 e. The number of hydrogen-bond donors (Lipinski definition) is 2. The highest BCUT2D eigenvalue weighted by Crippen LogP contribution is 2.27. The summed E-state index contributed by atoms with van der Waals surface area (Å²) in [4.78, 5) is 0. The summed E-state index contributed by atoms with van der Waals surface area (Å²) in [5, 5.41) is 4.28. The van der Waals surface area contributed by atoms with Gasteiger partial charge < -0.3 is 11.1 Å². The molecule has 3 N–H and O–H groups in total. The zero-order chi connectivity index (χ0) is 12.4. The molecule has 0 unspecified atom stereocenters. The molecule has 0 spiro atoms. The summed E-state index contributed by atoms with van der Waals surface area (Å²) in [6.45, 7) is 1.97. The molecule has 0 bridgehead atoms. The molecule has 17 heavy (non-hydrogen) atoms. The summed E-state index contributed by atoms with van der Waals surface area (Å²) in [6.07, 6.45) is 0. The third kappa shape index (κ3) is 2.84. The number of anilines is 3. The van der Waals surface area contributed by atoms with Crippen molar-refractivity contribution in [2.45, 2.75) is 6.92 Å². The van der Waals surface area contributed by atoms with Crippen LogP contribution in [-0.4, -0.2) is 0 Å². The van der Waals surface area contributed by atoms with Crippen LogP contribution in [0.2, 0.25) is 10.0 Å². The van der Waals surface area contributed by atoms with E-state index in [4.69, 9.17) is 28.9 Å². The molecule has 0 aliphatic carbocycles. The summed E-state index contributed by atoms with van der Waals surface area (Å²) >= 11 is 11.8. The minimum atomic E-state index is 0.525. The van der Waals surface area contributed by atoms with Gasteiger partial charge in [-0.1, -0.05) is 29.3 Å². The molecule has 2 aromatic rings. The van der Waals surface area contributed by atoms with Gasteiger partial charge in [0.05, 0.1) is 10.0 Å². The number of nitrogen functional groups attached to an aromatic ring is 1. The van der Waals surface area contributed by atoms with Crippen LogP contribution < -0.4 is 11.1 Å². The smallest absolute Gasteiger partial charge is 0.0612 e. The number of aryl methyl sites for hydroxylation is 1. The van der Waals surface area contributed by atoms with E-state index >= 15 is 0 Å². The Bertz CT molecular complexity index is 504. The molecule has 2 rings (SSSR count). The predicted octanol–water partition coefficient (Wildman–Crippen LogP) is 4.63. The van der Waals surface area contributed by atoms with Gasteiger partial charge in [0.15, 0.2) is 0 Å². The maximum atomic E-state index is 5.94. The molecule has 0 aliphatic rings. The molecule has 2 nitrogen and oxygen atoms in total. The van der Waals surface area contributed by atoms with E-state index in [1.54, 1.807) is 12.1 Å². The topological polar surface area (TPSA) is 38.0 Å². The van der Waals surface area contributed by atoms with Crippen molar-refractivity contribution in [2.24, 2.45) is 0 Å². The highest BCUT2D eigenvalue weighted by atomic mass is 35.5. The van der Waals surface area contributed by atoms with Crippen molar-refractivity contribution in [3.63, 3.8) is 0 Å². The van der Waals surface area contributed by atoms with Gasteiger partial charge in [0.2, 0.25) is 0 Å². The van der Waals surface area contributed by atoms with Crippen LogP contribution in [-0.2, 0) is 0 Å². The fourth-order valence-corrected chi connectivity index (χ4v) is 1.76. The van der Waals surface area contributed by atoms with Crippen LogP contribution in [0.5, 0.6) is 0 Å². The van der Waals surface area contributed by atoms with Crippen molar-refractivity contribution in [2.75, 3.05) is 11.1 Å². The number of rotatable bonds is 2. The van der Waals surface area contributed by atoms with Crippen LogP contribution in [0.15, 0.2) is 36.4 Å². The molecule has 0 heterocycles. The highest BCUT2D eigenvalue weighted by molar-refractivity contribution is 6.42. The molecule has 0 saturated heterocycles. The second kappa shape index (κ2) is 4.86. The number of nitrogens with two attached hydrogens (primary N) is 1. The summed E-state index contributed by atoms with van der Waals surface area (Å²) in [5.41, 5.74) is 9.46. The maximum absolute atomic E-state index is 5.94. The Morgan fingerprint density at radius 2 is 1.59 bits per heavy atom. The molecule has 0 fully saturated rings. The average Bonchev–Trinajstić information content (AvgIpc) is 2.29. The zero-order valence-electron chi connectivity index (χ0n) is 9.30. The second-order valence-corrected chi connectivity index (χ2v) is 4.64. The van der Waals surface area contributed by atoms with Crippen molar-refractivity contribution in [3.05, 3.63) is 52.0 Å². The lowest BCUT2D eigenvalue weighted by molar-refractivity contribution is 1.45. The minimum absolute atomic E-state index is 0.525. The first-order valence-electron chi connectivity index (χ1n) is 5.14. The van der Waals surface area contributed by atoms with Crippen molar-refractivity contribution >= 4 is 40.3 Å². The average molecular weight is 267 g/mol. The Kier molecular flexibility index (Phi) is 3.46. The lowest BCUT2D eigenvalue weighted by Crippen LogP contribution is -1.94. The normalized spacial score (nSPS) is 10.3. The van der Waals surface area contributed by atoms with E-state index in [0.29, 0.717) is 10.0 Å². The third-order valence-corrected chi connectivity index (χ3v) is 3.23. The summed E-state index contributed by atoms with van der Waals surface area (Å²) in [5.74, 6) is 0. The molecular formula is C13H12Cl2N2. The van der Waals surface area contributed by atoms with E-state index in [0.717, 1.165) is 22.6 Å². The van der Waals surface area contributed by atoms with Crippen LogP contribution in [0.3, 0.4) is 0 Å². The van der Waals surface area contributed by atoms with Gasteiger partial charge in [-0.3, -0.25) is 0 Å². The quantitative estimate of drug-likeness (QED) is 0.778. The standard InChI is InChI=1S/C13H12Cl2N2/c1-8-2-3-10(7-13(8)16)17-9-4-5-11(14)12(15)6-9/h2-7,17H,16H2,1H3. The Labute approximate surface area is 110 Å². The van der Waals surface area contributed by atoms with Crippen LogP contribution in [0.4, 0.5) is 17.1 Å². The lowest BCUT2D eigenvalue weighted by atomic mass is 10.2. The Morgan fingerprint density at radius 3 is 2.24 bits per heavy atom. The van der Waals surface area contributed by atoms with Gasteiger partial charge >= 0.3 is 0 Å². The van der Waals surface area contributed by atoms with E-state index < -0.39 is 0 Å². The molecular weight excluding hydrogens is 255 g/mol. The molecule has 2 aromatic carbocycles. The first-order valence-corrected chi connectivity index (χ1v) is 5.90. The number of nitrogens with one attached hydrogen (secondary N) is 1. The van der Waals surface area contributed by atoms with E-state index in [2.05, 4.69) is 5.32 Å². The SMILES string of the molecule is Cc1ccc(Nc2ccc(Cl)c(Cl)c2)cc1N. The number of hydrogen-bond acceptors (Lipinski definition) is 2. The predicted molar refractivity (Wildman–Crippen MR) is 75.3 cm³/mol. The summed E-state index contributed by atoms with van der Waals surface area (Å²) in [7, 11) is 0. The first-order chi connectivity index (χ1) is 8.06. The molecule has 88 valence electrons. The zero-order valence-corrected chi connectivity index (χ0v) is 10.8. The fourth-order valence-electron chi connectivity index (χ4n) is 1.46. The Hall–Kier alpha value is -1.38. The molecule has 0 aliphatic heterocycles.